The third-order valence-electron chi connectivity index (χ3n) is 4.63. The summed E-state index contributed by atoms with van der Waals surface area (Å²) in [4.78, 5) is 31.2. The van der Waals surface area contributed by atoms with Crippen molar-refractivity contribution in [2.24, 2.45) is 0 Å². The second-order valence-corrected chi connectivity index (χ2v) is 6.47. The van der Waals surface area contributed by atoms with E-state index in [0.29, 0.717) is 24.5 Å². The predicted molar refractivity (Wildman–Crippen MR) is 113 cm³/mol. The Hall–Kier alpha value is -2.91. The second kappa shape index (κ2) is 10.6. The number of amides is 1. The molecule has 3 rings (SSSR count). The molecule has 0 saturated carbocycles. The Morgan fingerprint density at radius 1 is 1.17 bits per heavy atom. The topological polar surface area (TPSA) is 101 Å². The molecule has 156 valence electrons. The van der Waals surface area contributed by atoms with Gasteiger partial charge in [-0.25, -0.2) is 0 Å². The van der Waals surface area contributed by atoms with Crippen LogP contribution in [-0.4, -0.2) is 60.5 Å². The highest BCUT2D eigenvalue weighted by Gasteiger charge is 2.19. The van der Waals surface area contributed by atoms with Crippen LogP contribution in [0.2, 0.25) is 0 Å². The van der Waals surface area contributed by atoms with Crippen molar-refractivity contribution in [1.82, 2.24) is 9.88 Å². The van der Waals surface area contributed by atoms with Crippen LogP contribution in [0.25, 0.3) is 0 Å². The molecule has 1 aromatic carbocycles. The van der Waals surface area contributed by atoms with Crippen LogP contribution in [-0.2, 0) is 4.79 Å². The number of pyridine rings is 1. The molecule has 10 heteroatoms. The van der Waals surface area contributed by atoms with Crippen LogP contribution in [0.1, 0.15) is 6.42 Å². The molecule has 1 saturated heterocycles. The Balaban J connectivity index is 0.00000300. The summed E-state index contributed by atoms with van der Waals surface area (Å²) in [6.07, 6.45) is 0.369. The first-order valence-corrected chi connectivity index (χ1v) is 9.08. The minimum absolute atomic E-state index is 0. The summed E-state index contributed by atoms with van der Waals surface area (Å²) in [5.74, 6) is 1.39. The lowest BCUT2D eigenvalue weighted by Gasteiger charge is -2.35. The Morgan fingerprint density at radius 3 is 2.48 bits per heavy atom. The first-order chi connectivity index (χ1) is 13.5. The number of carbonyl (C=O) groups excluding carboxylic acids is 1. The number of hydrogen-bond donors (Lipinski definition) is 1. The maximum Gasteiger partial charge on any atom is 0.269 e. The number of anilines is 2. The average Bonchev–Trinajstić information content (AvgIpc) is 2.73. The van der Waals surface area contributed by atoms with Crippen molar-refractivity contribution in [3.05, 3.63) is 52.6 Å². The van der Waals surface area contributed by atoms with E-state index in [2.05, 4.69) is 20.1 Å². The molecule has 0 aliphatic carbocycles. The maximum atomic E-state index is 12.1. The zero-order valence-electron chi connectivity index (χ0n) is 16.1. The molecule has 1 amide bonds. The lowest BCUT2D eigenvalue weighted by molar-refractivity contribution is -0.384. The van der Waals surface area contributed by atoms with Crippen molar-refractivity contribution < 1.29 is 14.5 Å². The molecule has 1 aliphatic heterocycles. The van der Waals surface area contributed by atoms with Crippen LogP contribution < -0.4 is 15.0 Å². The van der Waals surface area contributed by atoms with Crippen molar-refractivity contribution >= 4 is 35.5 Å². The average molecular weight is 422 g/mol. The Bertz CT molecular complexity index is 826. The van der Waals surface area contributed by atoms with E-state index < -0.39 is 4.92 Å². The highest BCUT2D eigenvalue weighted by molar-refractivity contribution is 5.90. The number of piperazine rings is 1. The number of nitrogens with one attached hydrogen (secondary N) is 1. The van der Waals surface area contributed by atoms with Crippen LogP contribution in [0, 0.1) is 10.1 Å². The fourth-order valence-electron chi connectivity index (χ4n) is 3.04. The second-order valence-electron chi connectivity index (χ2n) is 6.47. The van der Waals surface area contributed by atoms with E-state index in [9.17, 15) is 14.9 Å². The number of non-ortho nitro benzene ring substituents is 1. The summed E-state index contributed by atoms with van der Waals surface area (Å²) in [5.41, 5.74) is 0.561. The van der Waals surface area contributed by atoms with Crippen LogP contribution in [0.3, 0.4) is 0 Å². The lowest BCUT2D eigenvalue weighted by Crippen LogP contribution is -2.47. The third kappa shape index (κ3) is 6.30. The van der Waals surface area contributed by atoms with E-state index in [1.165, 1.54) is 24.3 Å². The van der Waals surface area contributed by atoms with Gasteiger partial charge < -0.3 is 15.0 Å². The molecule has 2 heterocycles. The largest absolute Gasteiger partial charge is 0.481 e. The molecule has 0 atom stereocenters. The van der Waals surface area contributed by atoms with Gasteiger partial charge in [0.1, 0.15) is 5.82 Å². The van der Waals surface area contributed by atoms with Crippen molar-refractivity contribution in [3.8, 4) is 5.88 Å². The molecule has 0 unspecified atom stereocenters. The fourth-order valence-corrected chi connectivity index (χ4v) is 3.04. The SMILES string of the molecule is COc1cccc(N2CCN(CCC(=O)Nc3ccc([N+](=O)[O-])cc3)CC2)n1.Cl. The molecule has 1 aliphatic rings. The minimum atomic E-state index is -0.466. The first-order valence-electron chi connectivity index (χ1n) is 9.08. The number of methoxy groups -OCH3 is 1. The number of halogens is 1. The van der Waals surface area contributed by atoms with Gasteiger partial charge in [0.05, 0.1) is 12.0 Å². The molecule has 9 nitrogen and oxygen atoms in total. The third-order valence-corrected chi connectivity index (χ3v) is 4.63. The van der Waals surface area contributed by atoms with Crippen molar-refractivity contribution in [2.75, 3.05) is 50.1 Å². The highest BCUT2D eigenvalue weighted by Crippen LogP contribution is 2.18. The van der Waals surface area contributed by atoms with Crippen LogP contribution in [0.5, 0.6) is 5.88 Å². The zero-order valence-corrected chi connectivity index (χ0v) is 16.9. The van der Waals surface area contributed by atoms with Crippen molar-refractivity contribution in [2.45, 2.75) is 6.42 Å². The lowest BCUT2D eigenvalue weighted by atomic mass is 10.2. The maximum absolute atomic E-state index is 12.1. The first kappa shape index (κ1) is 22.4. The molecular weight excluding hydrogens is 398 g/mol. The molecule has 1 aromatic heterocycles. The van der Waals surface area contributed by atoms with Gasteiger partial charge in [-0.15, -0.1) is 12.4 Å². The van der Waals surface area contributed by atoms with Crippen molar-refractivity contribution in [3.63, 3.8) is 0 Å². The number of nitro groups is 1. The van der Waals surface area contributed by atoms with Gasteiger partial charge in [-0.1, -0.05) is 6.07 Å². The normalized spacial score (nSPS) is 14.0. The number of rotatable bonds is 7. The number of benzene rings is 1. The van der Waals surface area contributed by atoms with E-state index in [4.69, 9.17) is 4.74 Å². The number of carbonyl (C=O) groups is 1. The van der Waals surface area contributed by atoms with Gasteiger partial charge in [-0.3, -0.25) is 19.8 Å². The summed E-state index contributed by atoms with van der Waals surface area (Å²) in [5, 5.41) is 13.4. The molecule has 29 heavy (non-hydrogen) atoms. The van der Waals surface area contributed by atoms with Gasteiger partial charge in [-0.2, -0.15) is 4.98 Å². The Morgan fingerprint density at radius 2 is 1.86 bits per heavy atom. The molecule has 0 radical (unpaired) electrons. The number of hydrogen-bond acceptors (Lipinski definition) is 7. The number of aromatic nitrogens is 1. The van der Waals surface area contributed by atoms with Crippen molar-refractivity contribution in [1.29, 1.82) is 0 Å². The summed E-state index contributed by atoms with van der Waals surface area (Å²) < 4.78 is 5.17. The molecule has 0 spiro atoms. The zero-order chi connectivity index (χ0) is 19.9. The fraction of sp³-hybridized carbons (Fsp3) is 0.368. The van der Waals surface area contributed by atoms with Crippen LogP contribution in [0.15, 0.2) is 42.5 Å². The van der Waals surface area contributed by atoms with E-state index in [1.54, 1.807) is 7.11 Å². The molecular formula is C19H24ClN5O4. The van der Waals surface area contributed by atoms with Crippen LogP contribution in [0.4, 0.5) is 17.2 Å². The molecule has 1 N–H and O–H groups in total. The van der Waals surface area contributed by atoms with E-state index in [1.807, 2.05) is 18.2 Å². The monoisotopic (exact) mass is 421 g/mol. The highest BCUT2D eigenvalue weighted by atomic mass is 35.5. The smallest absolute Gasteiger partial charge is 0.269 e. The molecule has 0 bridgehead atoms. The molecule has 2 aromatic rings. The van der Waals surface area contributed by atoms with E-state index in [0.717, 1.165) is 32.0 Å². The number of nitrogens with zero attached hydrogens (tertiary/aromatic N) is 4. The molecule has 1 fully saturated rings. The standard InChI is InChI=1S/C19H23N5O4.ClH/c1-28-19-4-2-3-17(21-19)23-13-11-22(12-14-23)10-9-18(25)20-15-5-7-16(8-6-15)24(26)27;/h2-8H,9-14H2,1H3,(H,20,25);1H. The van der Waals surface area contributed by atoms with E-state index in [-0.39, 0.29) is 24.0 Å². The number of nitro benzene ring substituents is 1. The summed E-state index contributed by atoms with van der Waals surface area (Å²) in [6.45, 7) is 4.04. The van der Waals surface area contributed by atoms with Gasteiger partial charge >= 0.3 is 0 Å². The van der Waals surface area contributed by atoms with E-state index >= 15 is 0 Å². The quantitative estimate of drug-likeness (QED) is 0.541. The minimum Gasteiger partial charge on any atom is -0.481 e. The van der Waals surface area contributed by atoms with Gasteiger partial charge in [0.25, 0.3) is 5.69 Å². The summed E-state index contributed by atoms with van der Waals surface area (Å²) in [7, 11) is 1.60. The van der Waals surface area contributed by atoms with Gasteiger partial charge in [0, 0.05) is 63.0 Å². The van der Waals surface area contributed by atoms with Gasteiger partial charge in [0.15, 0.2) is 0 Å². The summed E-state index contributed by atoms with van der Waals surface area (Å²) in [6, 6.07) is 11.5. The predicted octanol–water partition coefficient (Wildman–Crippen LogP) is 2.57. The Kier molecular flexibility index (Phi) is 8.17. The summed E-state index contributed by atoms with van der Waals surface area (Å²) >= 11 is 0. The Labute approximate surface area is 175 Å². The van der Waals surface area contributed by atoms with Gasteiger partial charge in [-0.05, 0) is 18.2 Å². The van der Waals surface area contributed by atoms with Crippen LogP contribution >= 0.6 is 12.4 Å². The number of ether oxygens (including phenoxy) is 1. The van der Waals surface area contributed by atoms with Gasteiger partial charge in [0.2, 0.25) is 11.8 Å².